The van der Waals surface area contributed by atoms with Gasteiger partial charge in [-0.1, -0.05) is 0 Å². The van der Waals surface area contributed by atoms with Crippen LogP contribution in [0.4, 0.5) is 0 Å². The SMILES string of the molecule is CC(=O)NC(CCSCC(O)COC(C)C)C(=O)O. The molecule has 6 nitrogen and oxygen atoms in total. The molecular weight excluding hydrogens is 270 g/mol. The number of rotatable bonds is 10. The van der Waals surface area contributed by atoms with Crippen molar-refractivity contribution in [3.05, 3.63) is 0 Å². The molecule has 19 heavy (non-hydrogen) atoms. The molecule has 2 unspecified atom stereocenters. The van der Waals surface area contributed by atoms with Crippen LogP contribution in [0.5, 0.6) is 0 Å². The lowest BCUT2D eigenvalue weighted by molar-refractivity contribution is -0.141. The van der Waals surface area contributed by atoms with Gasteiger partial charge in [0.15, 0.2) is 0 Å². The first-order valence-corrected chi connectivity index (χ1v) is 7.35. The number of aliphatic hydroxyl groups excluding tert-OH is 1. The van der Waals surface area contributed by atoms with Gasteiger partial charge in [-0.05, 0) is 26.0 Å². The lowest BCUT2D eigenvalue weighted by Gasteiger charge is -2.15. The fourth-order valence-corrected chi connectivity index (χ4v) is 2.21. The molecule has 3 N–H and O–H groups in total. The number of carboxylic acids is 1. The van der Waals surface area contributed by atoms with Crippen LogP contribution in [0.3, 0.4) is 0 Å². The first-order valence-electron chi connectivity index (χ1n) is 6.20. The van der Waals surface area contributed by atoms with Crippen molar-refractivity contribution in [1.29, 1.82) is 0 Å². The number of aliphatic carboxylic acids is 1. The van der Waals surface area contributed by atoms with Gasteiger partial charge in [0.25, 0.3) is 0 Å². The highest BCUT2D eigenvalue weighted by molar-refractivity contribution is 7.99. The molecule has 0 aromatic carbocycles. The first kappa shape index (κ1) is 18.2. The molecule has 0 bridgehead atoms. The third kappa shape index (κ3) is 10.8. The Hall–Kier alpha value is -0.790. The molecule has 0 saturated heterocycles. The summed E-state index contributed by atoms with van der Waals surface area (Å²) in [4.78, 5) is 21.7. The third-order valence-electron chi connectivity index (χ3n) is 2.16. The Bertz CT molecular complexity index is 285. The van der Waals surface area contributed by atoms with E-state index in [0.717, 1.165) is 0 Å². The highest BCUT2D eigenvalue weighted by Gasteiger charge is 2.17. The monoisotopic (exact) mass is 293 g/mol. The van der Waals surface area contributed by atoms with Gasteiger partial charge in [-0.2, -0.15) is 11.8 Å². The molecular formula is C12H23NO5S. The maximum atomic E-state index is 10.8. The van der Waals surface area contributed by atoms with Gasteiger partial charge in [0.2, 0.25) is 5.91 Å². The van der Waals surface area contributed by atoms with Crippen molar-refractivity contribution in [2.75, 3.05) is 18.1 Å². The van der Waals surface area contributed by atoms with Crippen molar-refractivity contribution in [2.45, 2.75) is 45.4 Å². The van der Waals surface area contributed by atoms with Crippen molar-refractivity contribution >= 4 is 23.6 Å². The third-order valence-corrected chi connectivity index (χ3v) is 3.30. The van der Waals surface area contributed by atoms with Crippen LogP contribution in [-0.4, -0.2) is 58.5 Å². The highest BCUT2D eigenvalue weighted by Crippen LogP contribution is 2.08. The minimum Gasteiger partial charge on any atom is -0.480 e. The summed E-state index contributed by atoms with van der Waals surface area (Å²) in [7, 11) is 0. The number of carbonyl (C=O) groups is 2. The largest absolute Gasteiger partial charge is 0.480 e. The summed E-state index contributed by atoms with van der Waals surface area (Å²) in [5.41, 5.74) is 0. The number of ether oxygens (including phenoxy) is 1. The maximum Gasteiger partial charge on any atom is 0.326 e. The maximum absolute atomic E-state index is 10.8. The Labute approximate surface area is 117 Å². The molecule has 0 saturated carbocycles. The number of aliphatic hydroxyl groups is 1. The Morgan fingerprint density at radius 1 is 1.37 bits per heavy atom. The zero-order valence-corrected chi connectivity index (χ0v) is 12.4. The average molecular weight is 293 g/mol. The Morgan fingerprint density at radius 2 is 2.00 bits per heavy atom. The number of hydrogen-bond donors (Lipinski definition) is 3. The lowest BCUT2D eigenvalue weighted by Crippen LogP contribution is -2.40. The molecule has 0 fully saturated rings. The number of carboxylic acid groups (broad SMARTS) is 1. The van der Waals surface area contributed by atoms with Crippen molar-refractivity contribution in [3.8, 4) is 0 Å². The first-order chi connectivity index (χ1) is 8.82. The van der Waals surface area contributed by atoms with Crippen molar-refractivity contribution in [3.63, 3.8) is 0 Å². The van der Waals surface area contributed by atoms with E-state index >= 15 is 0 Å². The van der Waals surface area contributed by atoms with E-state index in [4.69, 9.17) is 9.84 Å². The number of hydrogen-bond acceptors (Lipinski definition) is 5. The minimum atomic E-state index is -1.04. The molecule has 0 aromatic heterocycles. The molecule has 0 radical (unpaired) electrons. The summed E-state index contributed by atoms with van der Waals surface area (Å²) < 4.78 is 5.26. The number of carbonyl (C=O) groups excluding carboxylic acids is 1. The van der Waals surface area contributed by atoms with E-state index in [0.29, 0.717) is 17.9 Å². The molecule has 0 rings (SSSR count). The van der Waals surface area contributed by atoms with Crippen LogP contribution in [-0.2, 0) is 14.3 Å². The normalized spacial score (nSPS) is 14.2. The average Bonchev–Trinajstić information content (AvgIpc) is 2.29. The second-order valence-electron chi connectivity index (χ2n) is 4.49. The zero-order chi connectivity index (χ0) is 14.8. The van der Waals surface area contributed by atoms with Gasteiger partial charge in [0.05, 0.1) is 18.8 Å². The van der Waals surface area contributed by atoms with Gasteiger partial charge in [-0.25, -0.2) is 4.79 Å². The predicted octanol–water partition coefficient (Wildman–Crippen LogP) is 0.485. The van der Waals surface area contributed by atoms with Gasteiger partial charge in [0, 0.05) is 12.7 Å². The molecule has 0 aliphatic rings. The molecule has 0 heterocycles. The lowest BCUT2D eigenvalue weighted by atomic mass is 10.2. The summed E-state index contributed by atoms with van der Waals surface area (Å²) in [5, 5.41) is 20.8. The van der Waals surface area contributed by atoms with Crippen LogP contribution < -0.4 is 5.32 Å². The van der Waals surface area contributed by atoms with E-state index in [-0.39, 0.29) is 18.6 Å². The molecule has 7 heteroatoms. The second-order valence-corrected chi connectivity index (χ2v) is 5.64. The van der Waals surface area contributed by atoms with Crippen LogP contribution in [0, 0.1) is 0 Å². The fraction of sp³-hybridized carbons (Fsp3) is 0.833. The quantitative estimate of drug-likeness (QED) is 0.507. The molecule has 2 atom stereocenters. The van der Waals surface area contributed by atoms with Crippen LogP contribution in [0.25, 0.3) is 0 Å². The molecule has 0 aliphatic heterocycles. The topological polar surface area (TPSA) is 95.9 Å². The summed E-state index contributed by atoms with van der Waals surface area (Å²) in [6, 6.07) is -0.867. The van der Waals surface area contributed by atoms with E-state index in [1.54, 1.807) is 0 Å². The number of thioether (sulfide) groups is 1. The van der Waals surface area contributed by atoms with Crippen molar-refractivity contribution < 1.29 is 24.5 Å². The molecule has 0 aliphatic carbocycles. The highest BCUT2D eigenvalue weighted by atomic mass is 32.2. The molecule has 1 amide bonds. The zero-order valence-electron chi connectivity index (χ0n) is 11.6. The van der Waals surface area contributed by atoms with Crippen molar-refractivity contribution in [1.82, 2.24) is 5.32 Å². The summed E-state index contributed by atoms with van der Waals surface area (Å²) in [6.45, 7) is 5.35. The van der Waals surface area contributed by atoms with Gasteiger partial charge < -0.3 is 20.3 Å². The number of amides is 1. The van der Waals surface area contributed by atoms with E-state index in [9.17, 15) is 14.7 Å². The van der Waals surface area contributed by atoms with Gasteiger partial charge >= 0.3 is 5.97 Å². The van der Waals surface area contributed by atoms with E-state index in [1.807, 2.05) is 13.8 Å². The van der Waals surface area contributed by atoms with Gasteiger partial charge in [-0.15, -0.1) is 0 Å². The van der Waals surface area contributed by atoms with Crippen LogP contribution in [0.15, 0.2) is 0 Å². The minimum absolute atomic E-state index is 0.0795. The van der Waals surface area contributed by atoms with Gasteiger partial charge in [0.1, 0.15) is 6.04 Å². The summed E-state index contributed by atoms with van der Waals surface area (Å²) in [5.74, 6) is -0.364. The fourth-order valence-electron chi connectivity index (χ4n) is 1.27. The van der Waals surface area contributed by atoms with Crippen LogP contribution in [0.2, 0.25) is 0 Å². The summed E-state index contributed by atoms with van der Waals surface area (Å²) in [6.07, 6.45) is -0.149. The molecule has 0 spiro atoms. The van der Waals surface area contributed by atoms with Gasteiger partial charge in [-0.3, -0.25) is 4.79 Å². The number of nitrogens with one attached hydrogen (secondary N) is 1. The second kappa shape index (κ2) is 10.1. The standard InChI is InChI=1S/C12H23NO5S/c1-8(2)18-6-10(15)7-19-5-4-11(12(16)17)13-9(3)14/h8,10-11,15H,4-7H2,1-3H3,(H,13,14)(H,16,17). The van der Waals surface area contributed by atoms with Crippen molar-refractivity contribution in [2.24, 2.45) is 0 Å². The summed E-state index contributed by atoms with van der Waals surface area (Å²) >= 11 is 1.44. The predicted molar refractivity (Wildman–Crippen MR) is 74.3 cm³/mol. The van der Waals surface area contributed by atoms with E-state index in [1.165, 1.54) is 18.7 Å². The smallest absolute Gasteiger partial charge is 0.326 e. The molecule has 0 aromatic rings. The Kier molecular flexibility index (Phi) is 9.63. The van der Waals surface area contributed by atoms with E-state index < -0.39 is 18.1 Å². The Morgan fingerprint density at radius 3 is 2.47 bits per heavy atom. The van der Waals surface area contributed by atoms with E-state index in [2.05, 4.69) is 5.32 Å². The molecule has 112 valence electrons. The van der Waals surface area contributed by atoms with Crippen LogP contribution in [0.1, 0.15) is 27.2 Å². The Balaban J connectivity index is 3.75. The van der Waals surface area contributed by atoms with Crippen LogP contribution >= 0.6 is 11.8 Å².